The van der Waals surface area contributed by atoms with Gasteiger partial charge in [-0.2, -0.15) is 0 Å². The predicted octanol–water partition coefficient (Wildman–Crippen LogP) is 5.23. The molecule has 1 heterocycles. The highest BCUT2D eigenvalue weighted by molar-refractivity contribution is 9.10. The van der Waals surface area contributed by atoms with Crippen LogP contribution in [0.5, 0.6) is 0 Å². The third-order valence-corrected chi connectivity index (χ3v) is 5.44. The average Bonchev–Trinajstić information content (AvgIpc) is 3.04. The summed E-state index contributed by atoms with van der Waals surface area (Å²) in [5.41, 5.74) is 4.61. The first kappa shape index (κ1) is 15.5. The minimum absolute atomic E-state index is 0.0371. The predicted molar refractivity (Wildman–Crippen MR) is 101 cm³/mol. The second-order valence-corrected chi connectivity index (χ2v) is 7.43. The Morgan fingerprint density at radius 2 is 2.00 bits per heavy atom. The number of carbonyl (C=O) groups excluding carboxylic acids is 1. The number of rotatable bonds is 2. The van der Waals surface area contributed by atoms with Gasteiger partial charge in [0.25, 0.3) is 0 Å². The van der Waals surface area contributed by atoms with E-state index in [1.165, 1.54) is 11.1 Å². The molecule has 24 heavy (non-hydrogen) atoms. The monoisotopic (exact) mass is 382 g/mol. The molecule has 0 fully saturated rings. The van der Waals surface area contributed by atoms with Crippen LogP contribution in [0.25, 0.3) is 0 Å². The quantitative estimate of drug-likeness (QED) is 0.697. The molecule has 0 radical (unpaired) electrons. The molecule has 4 rings (SSSR count). The van der Waals surface area contributed by atoms with Gasteiger partial charge in [0.05, 0.1) is 6.04 Å². The number of amides is 1. The summed E-state index contributed by atoms with van der Waals surface area (Å²) in [5.74, 6) is 0.861. The van der Waals surface area contributed by atoms with Crippen LogP contribution in [-0.4, -0.2) is 5.91 Å². The van der Waals surface area contributed by atoms with E-state index in [4.69, 9.17) is 0 Å². The van der Waals surface area contributed by atoms with Crippen molar-refractivity contribution in [2.75, 3.05) is 10.6 Å². The van der Waals surface area contributed by atoms with Crippen LogP contribution in [0.4, 0.5) is 11.4 Å². The first-order valence-corrected chi connectivity index (χ1v) is 9.01. The van der Waals surface area contributed by atoms with Crippen LogP contribution in [0.15, 0.2) is 59.1 Å². The Bertz CT molecular complexity index is 813. The van der Waals surface area contributed by atoms with Crippen LogP contribution in [0.3, 0.4) is 0 Å². The summed E-state index contributed by atoms with van der Waals surface area (Å²) in [5, 5.41) is 6.60. The van der Waals surface area contributed by atoms with Crippen LogP contribution in [0, 0.1) is 5.92 Å². The molecule has 3 atom stereocenters. The number of nitrogens with one attached hydrogen (secondary N) is 2. The molecule has 3 nitrogen and oxygen atoms in total. The van der Waals surface area contributed by atoms with Gasteiger partial charge >= 0.3 is 0 Å². The van der Waals surface area contributed by atoms with Crippen LogP contribution in [-0.2, 0) is 4.79 Å². The number of fused-ring (bicyclic) bond motifs is 3. The molecule has 0 saturated heterocycles. The molecule has 0 spiro atoms. The second kappa shape index (κ2) is 6.10. The molecule has 1 aliphatic carbocycles. The molecule has 0 aromatic heterocycles. The van der Waals surface area contributed by atoms with E-state index in [-0.39, 0.29) is 5.91 Å². The van der Waals surface area contributed by atoms with Crippen molar-refractivity contribution in [3.63, 3.8) is 0 Å². The lowest BCUT2D eigenvalue weighted by Crippen LogP contribution is -2.29. The van der Waals surface area contributed by atoms with Crippen molar-refractivity contribution in [1.29, 1.82) is 0 Å². The minimum atomic E-state index is -0.0371. The van der Waals surface area contributed by atoms with Gasteiger partial charge in [0.15, 0.2) is 0 Å². The second-order valence-electron chi connectivity index (χ2n) is 6.51. The largest absolute Gasteiger partial charge is 0.378 e. The molecule has 2 N–H and O–H groups in total. The molecule has 122 valence electrons. The SMILES string of the molecule is CC(=O)Nc1ccc2c(c1)[C@H]1C=CC[C@H]1[C@H](c1ccc(Br)cc1)N2. The first-order chi connectivity index (χ1) is 11.6. The van der Waals surface area contributed by atoms with E-state index >= 15 is 0 Å². The lowest BCUT2D eigenvalue weighted by molar-refractivity contribution is -0.114. The molecule has 0 saturated carbocycles. The van der Waals surface area contributed by atoms with Crippen molar-refractivity contribution < 1.29 is 4.79 Å². The topological polar surface area (TPSA) is 41.1 Å². The molecule has 2 aromatic rings. The van der Waals surface area contributed by atoms with E-state index in [1.807, 2.05) is 6.07 Å². The van der Waals surface area contributed by atoms with Gasteiger partial charge in [0.1, 0.15) is 0 Å². The van der Waals surface area contributed by atoms with Gasteiger partial charge in [-0.1, -0.05) is 40.2 Å². The van der Waals surface area contributed by atoms with E-state index in [9.17, 15) is 4.79 Å². The summed E-state index contributed by atoms with van der Waals surface area (Å²) in [7, 11) is 0. The molecule has 0 bridgehead atoms. The Labute approximate surface area is 150 Å². The fourth-order valence-corrected chi connectivity index (χ4v) is 4.14. The van der Waals surface area contributed by atoms with Crippen molar-refractivity contribution in [2.24, 2.45) is 5.92 Å². The number of benzene rings is 2. The van der Waals surface area contributed by atoms with E-state index in [1.54, 1.807) is 6.92 Å². The van der Waals surface area contributed by atoms with Crippen LogP contribution in [0.2, 0.25) is 0 Å². The molecule has 0 unspecified atom stereocenters. The van der Waals surface area contributed by atoms with Crippen molar-refractivity contribution in [3.05, 3.63) is 70.2 Å². The molecule has 2 aliphatic rings. The van der Waals surface area contributed by atoms with Gasteiger partial charge < -0.3 is 10.6 Å². The highest BCUT2D eigenvalue weighted by Crippen LogP contribution is 2.50. The number of allylic oxidation sites excluding steroid dienone is 2. The fourth-order valence-electron chi connectivity index (χ4n) is 3.88. The number of anilines is 2. The summed E-state index contributed by atoms with van der Waals surface area (Å²) in [6.45, 7) is 1.54. The average molecular weight is 383 g/mol. The van der Waals surface area contributed by atoms with Crippen LogP contribution >= 0.6 is 15.9 Å². The molecule has 1 amide bonds. The zero-order valence-electron chi connectivity index (χ0n) is 13.4. The van der Waals surface area contributed by atoms with E-state index in [0.29, 0.717) is 17.9 Å². The Morgan fingerprint density at radius 1 is 1.21 bits per heavy atom. The molecule has 2 aromatic carbocycles. The Kier molecular flexibility index (Phi) is 3.93. The highest BCUT2D eigenvalue weighted by atomic mass is 79.9. The normalized spacial score (nSPS) is 24.0. The van der Waals surface area contributed by atoms with Gasteiger partial charge in [-0.3, -0.25) is 4.79 Å². The lowest BCUT2D eigenvalue weighted by Gasteiger charge is -2.37. The summed E-state index contributed by atoms with van der Waals surface area (Å²) >= 11 is 3.51. The van der Waals surface area contributed by atoms with Gasteiger partial charge in [0.2, 0.25) is 5.91 Å². The van der Waals surface area contributed by atoms with E-state index in [2.05, 4.69) is 75.1 Å². The molecule has 1 aliphatic heterocycles. The third-order valence-electron chi connectivity index (χ3n) is 4.91. The van der Waals surface area contributed by atoms with Gasteiger partial charge in [-0.05, 0) is 53.8 Å². The van der Waals surface area contributed by atoms with Gasteiger partial charge in [0, 0.05) is 28.7 Å². The summed E-state index contributed by atoms with van der Waals surface area (Å²) in [4.78, 5) is 11.3. The maximum Gasteiger partial charge on any atom is 0.221 e. The standard InChI is InChI=1S/C20H19BrN2O/c1-12(24)22-15-9-10-19-18(11-15)16-3-2-4-17(16)20(23-19)13-5-7-14(21)8-6-13/h2-3,5-11,16-17,20,23H,4H2,1H3,(H,22,24)/t16-,17+,20-/m0/s1. The molecular weight excluding hydrogens is 364 g/mol. The van der Waals surface area contributed by atoms with Crippen molar-refractivity contribution in [3.8, 4) is 0 Å². The maximum atomic E-state index is 11.3. The number of hydrogen-bond donors (Lipinski definition) is 2. The Hall–Kier alpha value is -2.07. The number of halogens is 1. The van der Waals surface area contributed by atoms with Gasteiger partial charge in [-0.15, -0.1) is 0 Å². The third kappa shape index (κ3) is 2.75. The fraction of sp³-hybridized carbons (Fsp3) is 0.250. The first-order valence-electron chi connectivity index (χ1n) is 8.22. The Morgan fingerprint density at radius 3 is 2.75 bits per heavy atom. The van der Waals surface area contributed by atoms with Crippen molar-refractivity contribution in [1.82, 2.24) is 0 Å². The minimum Gasteiger partial charge on any atom is -0.378 e. The molecule has 4 heteroatoms. The smallest absolute Gasteiger partial charge is 0.221 e. The Balaban J connectivity index is 1.72. The summed E-state index contributed by atoms with van der Waals surface area (Å²) in [6, 6.07) is 15.0. The summed E-state index contributed by atoms with van der Waals surface area (Å²) in [6.07, 6.45) is 5.67. The van der Waals surface area contributed by atoms with E-state index < -0.39 is 0 Å². The highest BCUT2D eigenvalue weighted by Gasteiger charge is 2.37. The van der Waals surface area contributed by atoms with E-state index in [0.717, 1.165) is 22.3 Å². The van der Waals surface area contributed by atoms with Gasteiger partial charge in [-0.25, -0.2) is 0 Å². The van der Waals surface area contributed by atoms with Crippen LogP contribution < -0.4 is 10.6 Å². The maximum absolute atomic E-state index is 11.3. The molecular formula is C20H19BrN2O. The lowest BCUT2D eigenvalue weighted by atomic mass is 9.77. The summed E-state index contributed by atoms with van der Waals surface area (Å²) < 4.78 is 1.10. The van der Waals surface area contributed by atoms with Crippen molar-refractivity contribution in [2.45, 2.75) is 25.3 Å². The zero-order chi connectivity index (χ0) is 16.7. The van der Waals surface area contributed by atoms with Crippen LogP contribution in [0.1, 0.15) is 36.4 Å². The van der Waals surface area contributed by atoms with Crippen molar-refractivity contribution >= 4 is 33.2 Å². The number of carbonyl (C=O) groups is 1. The number of hydrogen-bond acceptors (Lipinski definition) is 2. The zero-order valence-corrected chi connectivity index (χ0v) is 15.0.